The topological polar surface area (TPSA) is 99.2 Å². The van der Waals surface area contributed by atoms with Crippen LogP contribution in [0.25, 0.3) is 22.3 Å². The van der Waals surface area contributed by atoms with Gasteiger partial charge in [0.2, 0.25) is 0 Å². The third kappa shape index (κ3) is 3.65. The maximum Gasteiger partial charge on any atom is 0.185 e. The number of fused-ring (bicyclic) bond motifs is 1. The Kier molecular flexibility index (Phi) is 5.45. The van der Waals surface area contributed by atoms with Crippen LogP contribution in [-0.4, -0.2) is 51.8 Å². The minimum Gasteiger partial charge on any atom is -0.496 e. The summed E-state index contributed by atoms with van der Waals surface area (Å²) in [4.78, 5) is 23.7. The number of rotatable bonds is 6. The molecule has 1 saturated heterocycles. The molecule has 0 spiro atoms. The van der Waals surface area contributed by atoms with E-state index in [-0.39, 0.29) is 41.1 Å². The zero-order valence-electron chi connectivity index (χ0n) is 18.6. The van der Waals surface area contributed by atoms with Gasteiger partial charge in [-0.15, -0.1) is 0 Å². The van der Waals surface area contributed by atoms with Crippen LogP contribution in [0.3, 0.4) is 0 Å². The van der Waals surface area contributed by atoms with E-state index in [9.17, 15) is 13.6 Å². The summed E-state index contributed by atoms with van der Waals surface area (Å²) < 4.78 is 36.2. The second-order valence-corrected chi connectivity index (χ2v) is 8.24. The van der Waals surface area contributed by atoms with Crippen LogP contribution in [0.1, 0.15) is 16.1 Å². The smallest absolute Gasteiger partial charge is 0.185 e. The molecule has 1 aliphatic rings. The predicted molar refractivity (Wildman–Crippen MR) is 123 cm³/mol. The number of aromatic nitrogens is 4. The van der Waals surface area contributed by atoms with Crippen molar-refractivity contribution in [1.82, 2.24) is 19.7 Å². The van der Waals surface area contributed by atoms with Gasteiger partial charge in [0.1, 0.15) is 28.6 Å². The molecule has 8 nitrogen and oxygen atoms in total. The quantitative estimate of drug-likeness (QED) is 0.438. The highest BCUT2D eigenvalue weighted by atomic mass is 19.1. The molecule has 0 radical (unpaired) electrons. The Balaban J connectivity index is 1.53. The second-order valence-electron chi connectivity index (χ2n) is 8.24. The van der Waals surface area contributed by atoms with E-state index in [0.29, 0.717) is 29.6 Å². The van der Waals surface area contributed by atoms with Gasteiger partial charge in [0.25, 0.3) is 0 Å². The molecule has 0 saturated carbocycles. The van der Waals surface area contributed by atoms with E-state index >= 15 is 0 Å². The number of hydrogen-bond donors (Lipinski definition) is 1. The van der Waals surface area contributed by atoms with Crippen molar-refractivity contribution < 1.29 is 18.3 Å². The summed E-state index contributed by atoms with van der Waals surface area (Å²) >= 11 is 0. The van der Waals surface area contributed by atoms with Crippen molar-refractivity contribution in [2.75, 3.05) is 25.1 Å². The molecule has 10 heteroatoms. The van der Waals surface area contributed by atoms with Crippen molar-refractivity contribution in [3.8, 4) is 17.1 Å². The number of anilines is 1. The zero-order chi connectivity index (χ0) is 24.0. The first-order chi connectivity index (χ1) is 16.4. The monoisotopic (exact) mass is 464 g/mol. The number of aryl methyl sites for hydroxylation is 1. The van der Waals surface area contributed by atoms with Crippen LogP contribution in [0, 0.1) is 11.6 Å². The second kappa shape index (κ2) is 8.45. The van der Waals surface area contributed by atoms with Crippen molar-refractivity contribution in [3.63, 3.8) is 0 Å². The lowest BCUT2D eigenvalue weighted by atomic mass is 9.98. The van der Waals surface area contributed by atoms with E-state index in [4.69, 9.17) is 10.5 Å². The normalized spacial score (nSPS) is 13.9. The minimum atomic E-state index is -0.565. The molecule has 2 N–H and O–H groups in total. The van der Waals surface area contributed by atoms with Gasteiger partial charge in [-0.1, -0.05) is 6.07 Å². The molecule has 1 aliphatic heterocycles. The lowest BCUT2D eigenvalue weighted by molar-refractivity contribution is 0.0988. The Morgan fingerprint density at radius 1 is 1.24 bits per heavy atom. The average Bonchev–Trinajstić information content (AvgIpc) is 3.19. The highest BCUT2D eigenvalue weighted by Crippen LogP contribution is 2.36. The molecule has 2 aromatic heterocycles. The number of benzene rings is 2. The highest BCUT2D eigenvalue weighted by molar-refractivity contribution is 6.01. The van der Waals surface area contributed by atoms with Gasteiger partial charge in [0.15, 0.2) is 11.6 Å². The number of Topliss-reactive ketones (excluding diaryl/α,β-unsaturated/α-hetero) is 1. The Bertz CT molecular complexity index is 1410. The zero-order valence-corrected chi connectivity index (χ0v) is 18.6. The molecule has 1 fully saturated rings. The number of ketones is 1. The molecule has 3 heterocycles. The number of methoxy groups -OCH3 is 1. The van der Waals surface area contributed by atoms with Crippen molar-refractivity contribution in [3.05, 3.63) is 65.6 Å². The summed E-state index contributed by atoms with van der Waals surface area (Å²) in [5, 5.41) is 4.81. The van der Waals surface area contributed by atoms with Crippen LogP contribution in [0.15, 0.2) is 42.7 Å². The fourth-order valence-electron chi connectivity index (χ4n) is 4.35. The number of hydrogen-bond acceptors (Lipinski definition) is 7. The predicted octanol–water partition coefficient (Wildman–Crippen LogP) is 2.89. The molecule has 5 rings (SSSR count). The molecule has 0 atom stereocenters. The number of halogens is 2. The SMILES string of the molecule is COc1cccc(F)c1-c1nccc(C(=O)Cc2cc(F)c3c(cnn3C)c2N2CC(N)C2)n1. The Morgan fingerprint density at radius 2 is 2.03 bits per heavy atom. The van der Waals surface area contributed by atoms with Crippen LogP contribution >= 0.6 is 0 Å². The van der Waals surface area contributed by atoms with Gasteiger partial charge in [0, 0.05) is 44.2 Å². The Hall–Kier alpha value is -3.92. The average molecular weight is 464 g/mol. The fourth-order valence-corrected chi connectivity index (χ4v) is 4.35. The van der Waals surface area contributed by atoms with Crippen molar-refractivity contribution in [2.45, 2.75) is 12.5 Å². The van der Waals surface area contributed by atoms with Crippen LogP contribution in [0.5, 0.6) is 5.75 Å². The standard InChI is InChI=1S/C24H22F2N6O2/c1-31-23-15(10-29-31)22(32-11-14(27)12-32)13(8-17(23)26)9-19(33)18-6-7-28-24(30-18)21-16(25)4-3-5-20(21)34-2/h3-8,10,14H,9,11-12,27H2,1-2H3. The van der Waals surface area contributed by atoms with Gasteiger partial charge in [-0.3, -0.25) is 9.48 Å². The molecule has 34 heavy (non-hydrogen) atoms. The summed E-state index contributed by atoms with van der Waals surface area (Å²) in [7, 11) is 3.08. The largest absolute Gasteiger partial charge is 0.496 e. The van der Waals surface area contributed by atoms with Crippen LogP contribution in [0.2, 0.25) is 0 Å². The van der Waals surface area contributed by atoms with E-state index in [1.165, 1.54) is 42.3 Å². The maximum absolute atomic E-state index is 15.0. The lowest BCUT2D eigenvalue weighted by Crippen LogP contribution is -2.56. The van der Waals surface area contributed by atoms with E-state index in [1.54, 1.807) is 19.3 Å². The van der Waals surface area contributed by atoms with E-state index in [1.807, 2.05) is 4.90 Å². The molecule has 0 amide bonds. The van der Waals surface area contributed by atoms with Gasteiger partial charge < -0.3 is 15.4 Å². The summed E-state index contributed by atoms with van der Waals surface area (Å²) in [6.45, 7) is 1.20. The molecule has 174 valence electrons. The van der Waals surface area contributed by atoms with Gasteiger partial charge in [0.05, 0.1) is 24.6 Å². The van der Waals surface area contributed by atoms with Gasteiger partial charge >= 0.3 is 0 Å². The third-order valence-electron chi connectivity index (χ3n) is 5.96. The molecule has 2 aromatic carbocycles. The maximum atomic E-state index is 15.0. The third-order valence-corrected chi connectivity index (χ3v) is 5.96. The van der Waals surface area contributed by atoms with E-state index in [2.05, 4.69) is 15.1 Å². The number of carbonyl (C=O) groups excluding carboxylic acids is 1. The molecule has 0 bridgehead atoms. The number of nitrogens with zero attached hydrogens (tertiary/aromatic N) is 5. The number of ether oxygens (including phenoxy) is 1. The number of carbonyl (C=O) groups is 1. The minimum absolute atomic E-state index is 0.0143. The van der Waals surface area contributed by atoms with Crippen LogP contribution < -0.4 is 15.4 Å². The molecule has 0 unspecified atom stereocenters. The van der Waals surface area contributed by atoms with E-state index in [0.717, 1.165) is 5.69 Å². The van der Waals surface area contributed by atoms with Crippen LogP contribution in [0.4, 0.5) is 14.5 Å². The lowest BCUT2D eigenvalue weighted by Gasteiger charge is -2.40. The van der Waals surface area contributed by atoms with Crippen molar-refractivity contribution >= 4 is 22.4 Å². The molecule has 4 aromatic rings. The highest BCUT2D eigenvalue weighted by Gasteiger charge is 2.29. The molecular weight excluding hydrogens is 442 g/mol. The molecular formula is C24H22F2N6O2. The van der Waals surface area contributed by atoms with Gasteiger partial charge in [-0.25, -0.2) is 18.7 Å². The summed E-state index contributed by atoms with van der Waals surface area (Å²) in [5.74, 6) is -1.10. The van der Waals surface area contributed by atoms with Gasteiger partial charge in [-0.2, -0.15) is 5.10 Å². The van der Waals surface area contributed by atoms with E-state index < -0.39 is 11.6 Å². The Morgan fingerprint density at radius 3 is 2.76 bits per heavy atom. The van der Waals surface area contributed by atoms with Crippen molar-refractivity contribution in [1.29, 1.82) is 0 Å². The van der Waals surface area contributed by atoms with Crippen molar-refractivity contribution in [2.24, 2.45) is 12.8 Å². The Labute approximate surface area is 194 Å². The number of nitrogens with two attached hydrogens (primary N) is 1. The first-order valence-electron chi connectivity index (χ1n) is 10.7. The van der Waals surface area contributed by atoms with Gasteiger partial charge in [-0.05, 0) is 29.8 Å². The van der Waals surface area contributed by atoms with Crippen LogP contribution in [-0.2, 0) is 13.5 Å². The first kappa shape index (κ1) is 21.9. The summed E-state index contributed by atoms with van der Waals surface area (Å²) in [5.41, 5.74) is 7.75. The first-order valence-corrected chi connectivity index (χ1v) is 10.7. The fraction of sp³-hybridized carbons (Fsp3) is 0.250. The molecule has 0 aliphatic carbocycles. The summed E-state index contributed by atoms with van der Waals surface area (Å²) in [6.07, 6.45) is 2.88. The summed E-state index contributed by atoms with van der Waals surface area (Å²) in [6, 6.07) is 7.21.